The van der Waals surface area contributed by atoms with E-state index in [-0.39, 0.29) is 17.9 Å². The van der Waals surface area contributed by atoms with Crippen LogP contribution in [0.4, 0.5) is 0 Å². The van der Waals surface area contributed by atoms with Crippen LogP contribution >= 0.6 is 0 Å². The third-order valence-electron chi connectivity index (χ3n) is 5.55. The fourth-order valence-electron chi connectivity index (χ4n) is 3.94. The number of amides is 2. The molecule has 7 nitrogen and oxygen atoms in total. The summed E-state index contributed by atoms with van der Waals surface area (Å²) in [4.78, 5) is 33.0. The van der Waals surface area contributed by atoms with Crippen molar-refractivity contribution < 1.29 is 14.0 Å². The van der Waals surface area contributed by atoms with Crippen molar-refractivity contribution in [2.75, 3.05) is 32.7 Å². The van der Waals surface area contributed by atoms with Crippen molar-refractivity contribution in [2.24, 2.45) is 5.92 Å². The van der Waals surface area contributed by atoms with E-state index in [0.29, 0.717) is 23.0 Å². The van der Waals surface area contributed by atoms with Gasteiger partial charge in [0.05, 0.1) is 0 Å². The number of carbonyl (C=O) groups is 2. The first-order chi connectivity index (χ1) is 12.2. The highest BCUT2D eigenvalue weighted by Gasteiger charge is 2.35. The van der Waals surface area contributed by atoms with Crippen molar-refractivity contribution in [3.05, 3.63) is 29.8 Å². The van der Waals surface area contributed by atoms with Crippen LogP contribution in [-0.4, -0.2) is 65.4 Å². The van der Waals surface area contributed by atoms with Crippen molar-refractivity contribution in [2.45, 2.75) is 18.9 Å². The molecule has 25 heavy (non-hydrogen) atoms. The lowest BCUT2D eigenvalue weighted by Gasteiger charge is -2.44. The number of nitrogens with zero attached hydrogens (tertiary/aromatic N) is 3. The van der Waals surface area contributed by atoms with Crippen LogP contribution in [0.5, 0.6) is 0 Å². The minimum Gasteiger partial charge on any atom is -0.451 e. The number of carbonyl (C=O) groups excluding carboxylic acids is 2. The molecular weight excluding hydrogens is 320 g/mol. The molecule has 0 aliphatic carbocycles. The molecule has 0 unspecified atom stereocenters. The number of rotatable bonds is 3. The minimum absolute atomic E-state index is 0.102. The van der Waals surface area contributed by atoms with Gasteiger partial charge < -0.3 is 19.5 Å². The lowest BCUT2D eigenvalue weighted by Crippen LogP contribution is -2.57. The highest BCUT2D eigenvalue weighted by Crippen LogP contribution is 2.28. The van der Waals surface area contributed by atoms with Gasteiger partial charge in [0.2, 0.25) is 0 Å². The molecular formula is C18H20N4O3. The molecule has 6 rings (SSSR count). The van der Waals surface area contributed by atoms with E-state index in [4.69, 9.17) is 4.42 Å². The second kappa shape index (κ2) is 5.56. The second-order valence-corrected chi connectivity index (χ2v) is 7.23. The number of pyridine rings is 1. The van der Waals surface area contributed by atoms with Crippen molar-refractivity contribution >= 4 is 22.8 Å². The van der Waals surface area contributed by atoms with Crippen LogP contribution < -0.4 is 5.32 Å². The van der Waals surface area contributed by atoms with E-state index >= 15 is 0 Å². The summed E-state index contributed by atoms with van der Waals surface area (Å²) in [7, 11) is 0. The topological polar surface area (TPSA) is 78.5 Å². The van der Waals surface area contributed by atoms with Gasteiger partial charge in [-0.1, -0.05) is 0 Å². The Labute approximate surface area is 145 Å². The van der Waals surface area contributed by atoms with Crippen LogP contribution in [0.25, 0.3) is 11.0 Å². The third kappa shape index (κ3) is 2.68. The predicted molar refractivity (Wildman–Crippen MR) is 90.3 cm³/mol. The van der Waals surface area contributed by atoms with Crippen molar-refractivity contribution in [1.82, 2.24) is 20.1 Å². The SMILES string of the molecule is O=C(N[C@H]1CN2CCC1CC2)c1cc2oc(C(=O)N3CC3)cc2cn1. The molecule has 0 saturated carbocycles. The highest BCUT2D eigenvalue weighted by molar-refractivity contribution is 5.99. The molecule has 1 atom stereocenters. The van der Waals surface area contributed by atoms with Crippen LogP contribution in [0.2, 0.25) is 0 Å². The molecule has 7 heteroatoms. The molecule has 0 radical (unpaired) electrons. The Kier molecular flexibility index (Phi) is 3.31. The van der Waals surface area contributed by atoms with Gasteiger partial charge in [-0.15, -0.1) is 0 Å². The molecule has 0 aromatic carbocycles. The van der Waals surface area contributed by atoms with E-state index in [1.54, 1.807) is 23.2 Å². The summed E-state index contributed by atoms with van der Waals surface area (Å²) in [6.07, 6.45) is 3.90. The molecule has 4 fully saturated rings. The number of hydrogen-bond donors (Lipinski definition) is 1. The summed E-state index contributed by atoms with van der Waals surface area (Å²) in [5, 5.41) is 3.87. The summed E-state index contributed by atoms with van der Waals surface area (Å²) in [6.45, 7) is 4.76. The molecule has 4 aliphatic heterocycles. The maximum absolute atomic E-state index is 12.6. The van der Waals surface area contributed by atoms with E-state index in [9.17, 15) is 9.59 Å². The first-order valence-corrected chi connectivity index (χ1v) is 8.89. The van der Waals surface area contributed by atoms with Crippen LogP contribution in [0, 0.1) is 5.92 Å². The third-order valence-corrected chi connectivity index (χ3v) is 5.55. The Bertz CT molecular complexity index is 849. The van der Waals surface area contributed by atoms with Crippen LogP contribution in [-0.2, 0) is 0 Å². The number of hydrogen-bond acceptors (Lipinski definition) is 5. The molecule has 4 saturated heterocycles. The Morgan fingerprint density at radius 1 is 1.16 bits per heavy atom. The number of aromatic nitrogens is 1. The lowest BCUT2D eigenvalue weighted by atomic mass is 9.84. The molecule has 2 bridgehead atoms. The Morgan fingerprint density at radius 3 is 2.64 bits per heavy atom. The summed E-state index contributed by atoms with van der Waals surface area (Å²) in [5.41, 5.74) is 0.864. The normalized spacial score (nSPS) is 27.5. The second-order valence-electron chi connectivity index (χ2n) is 7.23. The molecule has 4 aliphatic rings. The largest absolute Gasteiger partial charge is 0.451 e. The zero-order valence-corrected chi connectivity index (χ0v) is 13.9. The van der Waals surface area contributed by atoms with E-state index in [0.717, 1.165) is 51.0 Å². The standard InChI is InChI=1S/C18H20N4O3/c23-17(20-14-10-21-3-1-11(14)2-4-21)13-8-15-12(9-19-13)7-16(25-15)18(24)22-5-6-22/h7-9,11,14H,1-6,10H2,(H,20,23)/t14-/m0/s1. The molecule has 0 spiro atoms. The van der Waals surface area contributed by atoms with Gasteiger partial charge in [-0.3, -0.25) is 14.6 Å². The van der Waals surface area contributed by atoms with Gasteiger partial charge in [-0.2, -0.15) is 0 Å². The average Bonchev–Trinajstić information content (AvgIpc) is 3.40. The lowest BCUT2D eigenvalue weighted by molar-refractivity contribution is 0.0618. The number of nitrogens with one attached hydrogen (secondary N) is 1. The first kappa shape index (κ1) is 14.9. The van der Waals surface area contributed by atoms with Gasteiger partial charge in [0, 0.05) is 43.3 Å². The fourth-order valence-corrected chi connectivity index (χ4v) is 3.94. The van der Waals surface area contributed by atoms with Gasteiger partial charge in [0.15, 0.2) is 5.76 Å². The molecule has 2 aromatic heterocycles. The molecule has 2 amide bonds. The summed E-state index contributed by atoms with van der Waals surface area (Å²) in [5.74, 6) is 0.604. The smallest absolute Gasteiger partial charge is 0.289 e. The van der Waals surface area contributed by atoms with Gasteiger partial charge in [-0.25, -0.2) is 0 Å². The number of furan rings is 1. The van der Waals surface area contributed by atoms with Crippen molar-refractivity contribution in [3.63, 3.8) is 0 Å². The molecule has 130 valence electrons. The molecule has 6 heterocycles. The van der Waals surface area contributed by atoms with Crippen LogP contribution in [0.1, 0.15) is 33.9 Å². The average molecular weight is 340 g/mol. The maximum Gasteiger partial charge on any atom is 0.289 e. The van der Waals surface area contributed by atoms with Gasteiger partial charge in [-0.05, 0) is 37.9 Å². The first-order valence-electron chi connectivity index (χ1n) is 8.89. The zero-order chi connectivity index (χ0) is 17.0. The monoisotopic (exact) mass is 340 g/mol. The van der Waals surface area contributed by atoms with Crippen molar-refractivity contribution in [3.8, 4) is 0 Å². The van der Waals surface area contributed by atoms with Crippen LogP contribution in [0.15, 0.2) is 22.7 Å². The van der Waals surface area contributed by atoms with E-state index in [1.807, 2.05) is 0 Å². The quantitative estimate of drug-likeness (QED) is 0.847. The summed E-state index contributed by atoms with van der Waals surface area (Å²) < 4.78 is 5.64. The van der Waals surface area contributed by atoms with Crippen LogP contribution in [0.3, 0.4) is 0 Å². The van der Waals surface area contributed by atoms with Crippen molar-refractivity contribution in [1.29, 1.82) is 0 Å². The predicted octanol–water partition coefficient (Wildman–Crippen LogP) is 1.11. The van der Waals surface area contributed by atoms with Gasteiger partial charge in [0.25, 0.3) is 11.8 Å². The Balaban J connectivity index is 1.35. The van der Waals surface area contributed by atoms with Gasteiger partial charge >= 0.3 is 0 Å². The summed E-state index contributed by atoms with van der Waals surface area (Å²) >= 11 is 0. The highest BCUT2D eigenvalue weighted by atomic mass is 16.3. The zero-order valence-electron chi connectivity index (χ0n) is 13.9. The maximum atomic E-state index is 12.6. The Morgan fingerprint density at radius 2 is 1.96 bits per heavy atom. The molecule has 2 aromatic rings. The van der Waals surface area contributed by atoms with E-state index < -0.39 is 0 Å². The minimum atomic E-state index is -0.170. The fraction of sp³-hybridized carbons (Fsp3) is 0.500. The van der Waals surface area contributed by atoms with Gasteiger partial charge in [0.1, 0.15) is 11.3 Å². The number of piperidine rings is 3. The molecule has 1 N–H and O–H groups in total. The van der Waals surface area contributed by atoms with E-state index in [1.165, 1.54) is 0 Å². The summed E-state index contributed by atoms with van der Waals surface area (Å²) in [6, 6.07) is 3.52. The number of fused-ring (bicyclic) bond motifs is 4. The Hall–Kier alpha value is -2.41. The van der Waals surface area contributed by atoms with E-state index in [2.05, 4.69) is 15.2 Å².